The number of benzene rings is 2. The first-order valence-corrected chi connectivity index (χ1v) is 13.7. The summed E-state index contributed by atoms with van der Waals surface area (Å²) in [6.07, 6.45) is -4.25. The Bertz CT molecular complexity index is 1470. The molecule has 3 N–H and O–H groups in total. The van der Waals surface area contributed by atoms with Gasteiger partial charge >= 0.3 is 12.3 Å². The van der Waals surface area contributed by atoms with E-state index in [1.165, 1.54) is 45.2 Å². The predicted molar refractivity (Wildman–Crippen MR) is 151 cm³/mol. The van der Waals surface area contributed by atoms with Crippen LogP contribution in [-0.4, -0.2) is 48.0 Å². The zero-order valence-corrected chi connectivity index (χ0v) is 24.4. The number of hydrogen-bond acceptors (Lipinski definition) is 7. The normalized spacial score (nSPS) is 14.8. The molecule has 3 aromatic rings. The number of alkyl halides is 3. The molecule has 4 rings (SSSR count). The van der Waals surface area contributed by atoms with Gasteiger partial charge in [-0.15, -0.1) is 0 Å². The molecule has 13 heteroatoms. The summed E-state index contributed by atoms with van der Waals surface area (Å²) in [5.41, 5.74) is -4.98. The first-order valence-electron chi connectivity index (χ1n) is 13.3. The standard InChI is InChI=1S/C30H31ClF3N3O6/c1-28(2,37-27(39)42-16-18-7-5-4-6-8-18)20-14-24(36-25(31)15-20)29(40,30(32,33)34)17-35-26(38)19-9-12-22(23(13-19)41-3)43-21-10-11-21/h4-9,12-15,21,40H,10-11,16-17H2,1-3H3,(H,35,38)(H,37,39). The van der Waals surface area contributed by atoms with Gasteiger partial charge in [0.2, 0.25) is 5.60 Å². The van der Waals surface area contributed by atoms with Crippen LogP contribution >= 0.6 is 11.6 Å². The maximum Gasteiger partial charge on any atom is 0.424 e. The SMILES string of the molecule is COc1cc(C(=O)NCC(O)(c2cc(C(C)(C)NC(=O)OCc3ccccc3)cc(Cl)n2)C(F)(F)F)ccc1OC1CC1. The lowest BCUT2D eigenvalue weighted by atomic mass is 9.90. The number of carbonyl (C=O) groups is 2. The highest BCUT2D eigenvalue weighted by molar-refractivity contribution is 6.29. The number of nitrogens with one attached hydrogen (secondary N) is 2. The summed E-state index contributed by atoms with van der Waals surface area (Å²) >= 11 is 6.09. The quantitative estimate of drug-likeness (QED) is 0.238. The average Bonchev–Trinajstić information content (AvgIpc) is 3.78. The molecule has 9 nitrogen and oxygen atoms in total. The van der Waals surface area contributed by atoms with E-state index < -0.39 is 41.6 Å². The predicted octanol–water partition coefficient (Wildman–Crippen LogP) is 5.63. The Hall–Kier alpha value is -4.03. The van der Waals surface area contributed by atoms with Gasteiger partial charge in [0.25, 0.3) is 5.91 Å². The minimum absolute atomic E-state index is 0.0105. The molecule has 1 atom stereocenters. The third-order valence-electron chi connectivity index (χ3n) is 6.78. The maximum atomic E-state index is 14.4. The van der Waals surface area contributed by atoms with Crippen molar-refractivity contribution >= 4 is 23.6 Å². The van der Waals surface area contributed by atoms with Crippen LogP contribution < -0.4 is 20.1 Å². The highest BCUT2D eigenvalue weighted by Crippen LogP contribution is 2.40. The van der Waals surface area contributed by atoms with Crippen molar-refractivity contribution in [3.8, 4) is 11.5 Å². The fourth-order valence-corrected chi connectivity index (χ4v) is 4.28. The number of rotatable bonds is 11. The number of aromatic nitrogens is 1. The molecule has 0 saturated heterocycles. The zero-order valence-electron chi connectivity index (χ0n) is 23.6. The lowest BCUT2D eigenvalue weighted by Gasteiger charge is -2.32. The van der Waals surface area contributed by atoms with Crippen LogP contribution in [0, 0.1) is 0 Å². The molecule has 1 unspecified atom stereocenters. The molecular formula is C30H31ClF3N3O6. The molecule has 0 spiro atoms. The van der Waals surface area contributed by atoms with Crippen LogP contribution in [0.5, 0.6) is 11.5 Å². The van der Waals surface area contributed by atoms with Crippen molar-refractivity contribution in [3.05, 3.63) is 88.2 Å². The number of aliphatic hydroxyl groups is 1. The lowest BCUT2D eigenvalue weighted by Crippen LogP contribution is -2.52. The molecule has 0 aliphatic heterocycles. The molecule has 0 bridgehead atoms. The Labute approximate surface area is 251 Å². The average molecular weight is 622 g/mol. The molecule has 1 aliphatic carbocycles. The molecule has 1 aliphatic rings. The Kier molecular flexibility index (Phi) is 9.41. The Morgan fingerprint density at radius 3 is 2.37 bits per heavy atom. The number of ether oxygens (including phenoxy) is 3. The summed E-state index contributed by atoms with van der Waals surface area (Å²) in [7, 11) is 1.38. The molecule has 2 amide bonds. The van der Waals surface area contributed by atoms with Crippen molar-refractivity contribution < 1.29 is 42.1 Å². The van der Waals surface area contributed by atoms with Gasteiger partial charge in [-0.05, 0) is 68.1 Å². The van der Waals surface area contributed by atoms with Gasteiger partial charge in [-0.3, -0.25) is 4.79 Å². The summed E-state index contributed by atoms with van der Waals surface area (Å²) in [6.45, 7) is 1.73. The van der Waals surface area contributed by atoms with Gasteiger partial charge in [-0.1, -0.05) is 41.9 Å². The molecule has 1 aromatic heterocycles. The monoisotopic (exact) mass is 621 g/mol. The number of amides is 2. The molecule has 43 heavy (non-hydrogen) atoms. The van der Waals surface area contributed by atoms with Gasteiger partial charge in [-0.2, -0.15) is 13.2 Å². The van der Waals surface area contributed by atoms with E-state index in [4.69, 9.17) is 25.8 Å². The van der Waals surface area contributed by atoms with Crippen LogP contribution in [0.3, 0.4) is 0 Å². The maximum absolute atomic E-state index is 14.4. The van der Waals surface area contributed by atoms with Gasteiger partial charge in [-0.25, -0.2) is 9.78 Å². The summed E-state index contributed by atoms with van der Waals surface area (Å²) in [4.78, 5) is 29.1. The minimum Gasteiger partial charge on any atom is -0.493 e. The number of pyridine rings is 1. The van der Waals surface area contributed by atoms with E-state index in [9.17, 15) is 27.9 Å². The summed E-state index contributed by atoms with van der Waals surface area (Å²) < 4.78 is 59.3. The second-order valence-electron chi connectivity index (χ2n) is 10.6. The van der Waals surface area contributed by atoms with Gasteiger partial charge in [0.05, 0.1) is 31.0 Å². The molecule has 0 radical (unpaired) electrons. The first kappa shape index (κ1) is 31.9. The first-order chi connectivity index (χ1) is 20.2. The van der Waals surface area contributed by atoms with E-state index >= 15 is 0 Å². The topological polar surface area (TPSA) is 119 Å². The molecule has 2 aromatic carbocycles. The second kappa shape index (κ2) is 12.7. The summed E-state index contributed by atoms with van der Waals surface area (Å²) in [6, 6.07) is 15.3. The van der Waals surface area contributed by atoms with E-state index in [1.54, 1.807) is 24.3 Å². The third-order valence-corrected chi connectivity index (χ3v) is 6.98. The number of halogens is 4. The van der Waals surface area contributed by atoms with E-state index in [0.717, 1.165) is 24.5 Å². The fraction of sp³-hybridized carbons (Fsp3) is 0.367. The number of nitrogens with zero attached hydrogens (tertiary/aromatic N) is 1. The molecule has 1 saturated carbocycles. The number of methoxy groups -OCH3 is 1. The fourth-order valence-electron chi connectivity index (χ4n) is 4.07. The second-order valence-corrected chi connectivity index (χ2v) is 11.0. The number of hydrogen-bond donors (Lipinski definition) is 3. The van der Waals surface area contributed by atoms with Crippen molar-refractivity contribution in [1.82, 2.24) is 15.6 Å². The summed E-state index contributed by atoms with van der Waals surface area (Å²) in [5.74, 6) is -0.252. The van der Waals surface area contributed by atoms with Crippen molar-refractivity contribution in [1.29, 1.82) is 0 Å². The molecule has 1 fully saturated rings. The molecule has 1 heterocycles. The zero-order chi connectivity index (χ0) is 31.4. The molecule has 230 valence electrons. The third kappa shape index (κ3) is 7.88. The van der Waals surface area contributed by atoms with Gasteiger partial charge in [0, 0.05) is 5.56 Å². The molecular weight excluding hydrogens is 591 g/mol. The van der Waals surface area contributed by atoms with Crippen molar-refractivity contribution in [3.63, 3.8) is 0 Å². The minimum atomic E-state index is -5.28. The van der Waals surface area contributed by atoms with E-state index in [2.05, 4.69) is 15.6 Å². The van der Waals surface area contributed by atoms with Crippen LogP contribution in [0.25, 0.3) is 0 Å². The highest BCUT2D eigenvalue weighted by Gasteiger charge is 2.56. The van der Waals surface area contributed by atoms with Crippen molar-refractivity contribution in [2.75, 3.05) is 13.7 Å². The Morgan fingerprint density at radius 2 is 1.74 bits per heavy atom. The van der Waals surface area contributed by atoms with Crippen molar-refractivity contribution in [2.24, 2.45) is 0 Å². The van der Waals surface area contributed by atoms with Gasteiger partial charge < -0.3 is 30.0 Å². The van der Waals surface area contributed by atoms with E-state index in [0.29, 0.717) is 5.75 Å². The van der Waals surface area contributed by atoms with Crippen molar-refractivity contribution in [2.45, 2.75) is 56.7 Å². The van der Waals surface area contributed by atoms with Crippen LogP contribution in [0.4, 0.5) is 18.0 Å². The van der Waals surface area contributed by atoms with Crippen LogP contribution in [-0.2, 0) is 22.5 Å². The smallest absolute Gasteiger partial charge is 0.424 e. The van der Waals surface area contributed by atoms with Crippen LogP contribution in [0.15, 0.2) is 60.7 Å². The highest BCUT2D eigenvalue weighted by atomic mass is 35.5. The van der Waals surface area contributed by atoms with Gasteiger partial charge in [0.1, 0.15) is 11.8 Å². The van der Waals surface area contributed by atoms with E-state index in [-0.39, 0.29) is 34.7 Å². The Balaban J connectivity index is 1.52. The number of alkyl carbamates (subject to hydrolysis) is 1. The van der Waals surface area contributed by atoms with Crippen LogP contribution in [0.2, 0.25) is 5.15 Å². The summed E-state index contributed by atoms with van der Waals surface area (Å²) in [5, 5.41) is 15.3. The lowest BCUT2D eigenvalue weighted by molar-refractivity contribution is -0.265. The van der Waals surface area contributed by atoms with Gasteiger partial charge in [0.15, 0.2) is 11.5 Å². The Morgan fingerprint density at radius 1 is 1.05 bits per heavy atom. The number of carbonyl (C=O) groups excluding carboxylic acids is 2. The largest absolute Gasteiger partial charge is 0.493 e. The van der Waals surface area contributed by atoms with Crippen LogP contribution in [0.1, 0.15) is 53.9 Å². The van der Waals surface area contributed by atoms with E-state index in [1.807, 2.05) is 6.07 Å².